The highest BCUT2D eigenvalue weighted by Crippen LogP contribution is 2.16. The third kappa shape index (κ3) is 7.64. The second kappa shape index (κ2) is 12.7. The smallest absolute Gasteiger partial charge is 0.346 e. The number of benzene rings is 3. The van der Waals surface area contributed by atoms with Gasteiger partial charge in [0, 0.05) is 0 Å². The van der Waals surface area contributed by atoms with Gasteiger partial charge in [-0.2, -0.15) is 0 Å². The fourth-order valence-corrected chi connectivity index (χ4v) is 3.68. The molecule has 35 heavy (non-hydrogen) atoms. The number of hydrogen-bond donors (Lipinski definition) is 0. The van der Waals surface area contributed by atoms with E-state index in [-0.39, 0.29) is 12.6 Å². The van der Waals surface area contributed by atoms with Gasteiger partial charge >= 0.3 is 17.9 Å². The molecular weight excluding hydrogens is 440 g/mol. The molecule has 0 radical (unpaired) electrons. The van der Waals surface area contributed by atoms with Gasteiger partial charge in [0.25, 0.3) is 0 Å². The van der Waals surface area contributed by atoms with Crippen LogP contribution in [-0.2, 0) is 22.3 Å². The summed E-state index contributed by atoms with van der Waals surface area (Å²) >= 11 is 0. The predicted octanol–water partition coefficient (Wildman–Crippen LogP) is 6.55. The quantitative estimate of drug-likeness (QED) is 0.190. The molecule has 0 aromatic heterocycles. The van der Waals surface area contributed by atoms with Crippen molar-refractivity contribution in [2.24, 2.45) is 0 Å². The normalized spacial score (nSPS) is 10.7. The third-order valence-corrected chi connectivity index (χ3v) is 5.73. The summed E-state index contributed by atoms with van der Waals surface area (Å²) in [5.74, 6) is -1.36. The Bertz CT molecular complexity index is 1140. The van der Waals surface area contributed by atoms with Crippen LogP contribution in [0.25, 0.3) is 0 Å². The Labute approximate surface area is 207 Å². The first-order valence-corrected chi connectivity index (χ1v) is 12.1. The Morgan fingerprint density at radius 2 is 1.34 bits per heavy atom. The van der Waals surface area contributed by atoms with E-state index < -0.39 is 11.9 Å². The Hall–Kier alpha value is -3.73. The lowest BCUT2D eigenvalue weighted by atomic mass is 10.0. The molecule has 3 aromatic carbocycles. The zero-order chi connectivity index (χ0) is 25.2. The molecule has 0 bridgehead atoms. The average Bonchev–Trinajstić information content (AvgIpc) is 2.87. The molecule has 0 atom stereocenters. The van der Waals surface area contributed by atoms with Gasteiger partial charge in [0.2, 0.25) is 0 Å². The van der Waals surface area contributed by atoms with E-state index in [2.05, 4.69) is 20.8 Å². The van der Waals surface area contributed by atoms with Crippen molar-refractivity contribution >= 4 is 17.9 Å². The van der Waals surface area contributed by atoms with E-state index in [0.29, 0.717) is 35.4 Å². The van der Waals surface area contributed by atoms with Crippen LogP contribution in [0.5, 0.6) is 0 Å². The number of rotatable bonds is 10. The van der Waals surface area contributed by atoms with E-state index in [1.165, 1.54) is 5.56 Å². The van der Waals surface area contributed by atoms with E-state index in [0.717, 1.165) is 24.0 Å². The molecule has 3 aromatic rings. The Balaban J connectivity index is 1.48. The van der Waals surface area contributed by atoms with Crippen LogP contribution in [0.3, 0.4) is 0 Å². The van der Waals surface area contributed by atoms with E-state index in [9.17, 15) is 14.4 Å². The molecule has 182 valence electrons. The molecule has 0 aliphatic rings. The summed E-state index contributed by atoms with van der Waals surface area (Å²) in [6.07, 6.45) is 3.28. The minimum atomic E-state index is -0.692. The highest BCUT2D eigenvalue weighted by atomic mass is 16.6. The van der Waals surface area contributed by atoms with Crippen molar-refractivity contribution in [3.63, 3.8) is 0 Å². The fourth-order valence-electron chi connectivity index (χ4n) is 3.68. The van der Waals surface area contributed by atoms with Crippen LogP contribution in [0.2, 0.25) is 0 Å². The summed E-state index contributed by atoms with van der Waals surface area (Å²) in [7, 11) is 0. The van der Waals surface area contributed by atoms with Crippen molar-refractivity contribution in [3.05, 3.63) is 106 Å². The van der Waals surface area contributed by atoms with E-state index >= 15 is 0 Å². The molecule has 0 saturated heterocycles. The second-order valence-electron chi connectivity index (χ2n) is 8.84. The van der Waals surface area contributed by atoms with Crippen molar-refractivity contribution in [3.8, 4) is 0 Å². The molecular formula is C30H32O5. The molecule has 0 unspecified atom stereocenters. The number of esters is 3. The monoisotopic (exact) mass is 472 g/mol. The van der Waals surface area contributed by atoms with Crippen LogP contribution in [0, 0.1) is 0 Å². The van der Waals surface area contributed by atoms with Crippen molar-refractivity contribution < 1.29 is 23.9 Å². The first-order valence-electron chi connectivity index (χ1n) is 12.1. The number of carbonyl (C=O) groups excluding carboxylic acids is 3. The molecule has 0 spiro atoms. The Morgan fingerprint density at radius 1 is 0.714 bits per heavy atom. The van der Waals surface area contributed by atoms with Gasteiger partial charge in [0.1, 0.15) is 0 Å². The van der Waals surface area contributed by atoms with Crippen molar-refractivity contribution in [1.29, 1.82) is 0 Å². The lowest BCUT2D eigenvalue weighted by Gasteiger charge is -2.08. The Morgan fingerprint density at radius 3 is 2.00 bits per heavy atom. The largest absolute Gasteiger partial charge is 0.462 e. The minimum Gasteiger partial charge on any atom is -0.462 e. The molecule has 0 heterocycles. The van der Waals surface area contributed by atoms with Gasteiger partial charge in [0.05, 0.1) is 23.3 Å². The molecule has 0 fully saturated rings. The Kier molecular flexibility index (Phi) is 9.36. The lowest BCUT2D eigenvalue weighted by Crippen LogP contribution is -2.13. The number of aryl methyl sites for hydroxylation is 2. The van der Waals surface area contributed by atoms with Gasteiger partial charge in [-0.25, -0.2) is 14.4 Å². The summed E-state index contributed by atoms with van der Waals surface area (Å²) < 4.78 is 10.4. The standard InChI is InChI=1S/C30H32O5/c1-4-7-22-11-13-25(14-12-22)28(31)34-19-6-9-23-8-5-10-27(20-23)30(33)35-29(32)26-17-15-24(16-18-26)21(2)3/h5,8,10-18,20-21H,4,6-7,9,19H2,1-3H3. The maximum absolute atomic E-state index is 12.5. The summed E-state index contributed by atoms with van der Waals surface area (Å²) in [5, 5.41) is 0. The minimum absolute atomic E-state index is 0.273. The lowest BCUT2D eigenvalue weighted by molar-refractivity contribution is 0.0396. The van der Waals surface area contributed by atoms with Crippen molar-refractivity contribution in [2.45, 2.75) is 52.4 Å². The van der Waals surface area contributed by atoms with E-state index in [1.54, 1.807) is 42.5 Å². The number of ether oxygens (including phenoxy) is 2. The van der Waals surface area contributed by atoms with Crippen molar-refractivity contribution in [1.82, 2.24) is 0 Å². The summed E-state index contributed by atoms with van der Waals surface area (Å²) in [6, 6.07) is 21.5. The van der Waals surface area contributed by atoms with Crippen LogP contribution in [0.15, 0.2) is 72.8 Å². The van der Waals surface area contributed by atoms with Crippen LogP contribution in [-0.4, -0.2) is 24.5 Å². The molecule has 5 heteroatoms. The second-order valence-corrected chi connectivity index (χ2v) is 8.84. The number of hydrogen-bond acceptors (Lipinski definition) is 5. The molecule has 5 nitrogen and oxygen atoms in total. The van der Waals surface area contributed by atoms with Gasteiger partial charge in [-0.05, 0) is 78.3 Å². The van der Waals surface area contributed by atoms with Gasteiger partial charge in [0.15, 0.2) is 0 Å². The van der Waals surface area contributed by atoms with Gasteiger partial charge < -0.3 is 9.47 Å². The van der Waals surface area contributed by atoms with Crippen molar-refractivity contribution in [2.75, 3.05) is 6.61 Å². The first-order chi connectivity index (χ1) is 16.9. The first kappa shape index (κ1) is 25.9. The van der Waals surface area contributed by atoms with Crippen LogP contribution >= 0.6 is 0 Å². The van der Waals surface area contributed by atoms with Crippen LogP contribution < -0.4 is 0 Å². The number of carbonyl (C=O) groups is 3. The third-order valence-electron chi connectivity index (χ3n) is 5.73. The molecule has 0 saturated carbocycles. The van der Waals surface area contributed by atoms with Gasteiger partial charge in [-0.15, -0.1) is 0 Å². The highest BCUT2D eigenvalue weighted by Gasteiger charge is 2.16. The molecule has 0 amide bonds. The van der Waals surface area contributed by atoms with Gasteiger partial charge in [-0.3, -0.25) is 0 Å². The summed E-state index contributed by atoms with van der Waals surface area (Å²) in [6.45, 7) is 6.53. The van der Waals surface area contributed by atoms with Gasteiger partial charge in [-0.1, -0.05) is 63.6 Å². The van der Waals surface area contributed by atoms with Crippen LogP contribution in [0.1, 0.15) is 87.3 Å². The molecule has 0 N–H and O–H groups in total. The fraction of sp³-hybridized carbons (Fsp3) is 0.300. The SMILES string of the molecule is CCCc1ccc(C(=O)OCCCc2cccc(C(=O)OC(=O)c3ccc(C(C)C)cc3)c2)cc1. The summed E-state index contributed by atoms with van der Waals surface area (Å²) in [5.41, 5.74) is 4.38. The molecule has 0 aliphatic carbocycles. The summed E-state index contributed by atoms with van der Waals surface area (Å²) in [4.78, 5) is 37.1. The highest BCUT2D eigenvalue weighted by molar-refractivity contribution is 6.02. The predicted molar refractivity (Wildman–Crippen MR) is 136 cm³/mol. The zero-order valence-electron chi connectivity index (χ0n) is 20.6. The maximum Gasteiger partial charge on any atom is 0.346 e. The van der Waals surface area contributed by atoms with E-state index in [1.807, 2.05) is 30.3 Å². The van der Waals surface area contributed by atoms with Crippen LogP contribution in [0.4, 0.5) is 0 Å². The zero-order valence-corrected chi connectivity index (χ0v) is 20.6. The topological polar surface area (TPSA) is 69.7 Å². The molecule has 0 aliphatic heterocycles. The van der Waals surface area contributed by atoms with E-state index in [4.69, 9.17) is 9.47 Å². The average molecular weight is 473 g/mol. The maximum atomic E-state index is 12.5. The molecule has 3 rings (SSSR count).